The first-order valence-corrected chi connectivity index (χ1v) is 8.74. The molecule has 4 nitrogen and oxygen atoms in total. The minimum atomic E-state index is -0.227. The van der Waals surface area contributed by atoms with Crippen LogP contribution in [-0.2, 0) is 4.79 Å². The van der Waals surface area contributed by atoms with Gasteiger partial charge in [0.25, 0.3) is 0 Å². The van der Waals surface area contributed by atoms with Gasteiger partial charge in [-0.05, 0) is 48.6 Å². The molecule has 0 saturated heterocycles. The molecule has 2 aromatic rings. The number of benzene rings is 1. The van der Waals surface area contributed by atoms with Gasteiger partial charge in [-0.2, -0.15) is 0 Å². The lowest BCUT2D eigenvalue weighted by Gasteiger charge is -2.33. The van der Waals surface area contributed by atoms with Crippen LogP contribution >= 0.6 is 0 Å². The van der Waals surface area contributed by atoms with Crippen LogP contribution in [0.25, 0.3) is 0 Å². The fraction of sp³-hybridized carbons (Fsp3) is 0.333. The largest absolute Gasteiger partial charge is 0.371 e. The fourth-order valence-corrected chi connectivity index (χ4v) is 3.83. The topological polar surface area (TPSA) is 54.0 Å². The molecule has 4 heteroatoms. The summed E-state index contributed by atoms with van der Waals surface area (Å²) in [4.78, 5) is 17.6. The molecule has 25 heavy (non-hydrogen) atoms. The predicted octanol–water partition coefficient (Wildman–Crippen LogP) is 4.61. The highest BCUT2D eigenvalue weighted by Crippen LogP contribution is 2.45. The lowest BCUT2D eigenvalue weighted by atomic mass is 9.74. The van der Waals surface area contributed by atoms with Crippen molar-refractivity contribution in [3.05, 3.63) is 65.1 Å². The Hall–Kier alpha value is -2.62. The summed E-state index contributed by atoms with van der Waals surface area (Å²) in [7, 11) is 0. The van der Waals surface area contributed by atoms with E-state index in [4.69, 9.17) is 0 Å². The maximum absolute atomic E-state index is 13.0. The Morgan fingerprint density at radius 2 is 1.96 bits per heavy atom. The number of ketones is 1. The molecule has 2 heterocycles. The van der Waals surface area contributed by atoms with E-state index in [0.29, 0.717) is 6.42 Å². The van der Waals surface area contributed by atoms with Crippen molar-refractivity contribution in [2.45, 2.75) is 39.7 Å². The molecule has 1 aromatic carbocycles. The second-order valence-electron chi connectivity index (χ2n) is 7.84. The van der Waals surface area contributed by atoms with Crippen molar-refractivity contribution < 1.29 is 4.79 Å². The number of aromatic nitrogens is 1. The zero-order chi connectivity index (χ0) is 17.6. The van der Waals surface area contributed by atoms with Crippen molar-refractivity contribution in [2.24, 2.45) is 5.41 Å². The quantitative estimate of drug-likeness (QED) is 0.800. The molecular formula is C21H23N3O. The standard InChI is InChI=1S/C21H23N3O/c1-13-7-8-14-16(10-13)24-20(15-6-4-5-9-22-15)19-17(23-14)11-21(2,3)12-18(19)25/h4-10,20,23-24H,11-12H2,1-3H3/t20-/m0/s1. The number of carbonyl (C=O) groups is 1. The number of nitrogens with one attached hydrogen (secondary N) is 2. The average Bonchev–Trinajstić information content (AvgIpc) is 2.70. The van der Waals surface area contributed by atoms with Gasteiger partial charge in [-0.15, -0.1) is 0 Å². The number of aryl methyl sites for hydroxylation is 1. The number of pyridine rings is 1. The van der Waals surface area contributed by atoms with Gasteiger partial charge in [0.15, 0.2) is 5.78 Å². The van der Waals surface area contributed by atoms with Crippen molar-refractivity contribution in [3.8, 4) is 0 Å². The summed E-state index contributed by atoms with van der Waals surface area (Å²) in [6.45, 7) is 6.38. The summed E-state index contributed by atoms with van der Waals surface area (Å²) < 4.78 is 0. The first-order chi connectivity index (χ1) is 11.9. The van der Waals surface area contributed by atoms with Crippen LogP contribution in [0.4, 0.5) is 11.4 Å². The second kappa shape index (κ2) is 5.73. The van der Waals surface area contributed by atoms with Crippen LogP contribution in [0.1, 0.15) is 44.0 Å². The third-order valence-electron chi connectivity index (χ3n) is 4.95. The number of carbonyl (C=O) groups excluding carboxylic acids is 1. The van der Waals surface area contributed by atoms with Gasteiger partial charge in [0, 0.05) is 23.9 Å². The minimum absolute atomic E-state index is 0.0349. The molecule has 0 bridgehead atoms. The maximum atomic E-state index is 13.0. The van der Waals surface area contributed by atoms with E-state index in [1.807, 2.05) is 18.2 Å². The Bertz CT molecular complexity index is 868. The van der Waals surface area contributed by atoms with Gasteiger partial charge in [-0.1, -0.05) is 26.0 Å². The van der Waals surface area contributed by atoms with Crippen LogP contribution in [0.3, 0.4) is 0 Å². The van der Waals surface area contributed by atoms with Crippen LogP contribution in [0.15, 0.2) is 53.9 Å². The zero-order valence-corrected chi connectivity index (χ0v) is 14.9. The highest BCUT2D eigenvalue weighted by Gasteiger charge is 2.39. The molecule has 0 fully saturated rings. The first kappa shape index (κ1) is 15.9. The van der Waals surface area contributed by atoms with Crippen LogP contribution in [0, 0.1) is 12.3 Å². The van der Waals surface area contributed by atoms with Crippen LogP contribution in [0.5, 0.6) is 0 Å². The average molecular weight is 333 g/mol. The molecule has 2 N–H and O–H groups in total. The van der Waals surface area contributed by atoms with E-state index in [0.717, 1.165) is 34.8 Å². The second-order valence-corrected chi connectivity index (χ2v) is 7.84. The molecule has 0 amide bonds. The molecule has 1 aromatic heterocycles. The van der Waals surface area contributed by atoms with E-state index < -0.39 is 0 Å². The van der Waals surface area contributed by atoms with Crippen molar-refractivity contribution in [3.63, 3.8) is 0 Å². The number of allylic oxidation sites excluding steroid dienone is 1. The number of rotatable bonds is 1. The molecule has 1 aliphatic carbocycles. The third kappa shape index (κ3) is 2.93. The third-order valence-corrected chi connectivity index (χ3v) is 4.95. The monoisotopic (exact) mass is 333 g/mol. The maximum Gasteiger partial charge on any atom is 0.163 e. The van der Waals surface area contributed by atoms with Gasteiger partial charge in [-0.25, -0.2) is 0 Å². The Morgan fingerprint density at radius 3 is 2.72 bits per heavy atom. The van der Waals surface area contributed by atoms with Gasteiger partial charge in [0.2, 0.25) is 0 Å². The normalized spacial score (nSPS) is 21.6. The summed E-state index contributed by atoms with van der Waals surface area (Å²) in [6.07, 6.45) is 3.20. The van der Waals surface area contributed by atoms with E-state index in [2.05, 4.69) is 54.6 Å². The molecular weight excluding hydrogens is 310 g/mol. The van der Waals surface area contributed by atoms with E-state index in [1.165, 1.54) is 5.56 Å². The molecule has 1 atom stereocenters. The summed E-state index contributed by atoms with van der Waals surface area (Å²) in [5, 5.41) is 7.11. The van der Waals surface area contributed by atoms with Crippen molar-refractivity contribution in [1.82, 2.24) is 4.98 Å². The Labute approximate surface area is 148 Å². The van der Waals surface area contributed by atoms with E-state index in [9.17, 15) is 4.79 Å². The lowest BCUT2D eigenvalue weighted by molar-refractivity contribution is -0.118. The molecule has 0 radical (unpaired) electrons. The minimum Gasteiger partial charge on any atom is -0.371 e. The summed E-state index contributed by atoms with van der Waals surface area (Å²) in [5.74, 6) is 0.200. The molecule has 0 saturated carbocycles. The number of Topliss-reactive ketones (excluding diaryl/α,β-unsaturated/α-hetero) is 1. The Kier molecular flexibility index (Phi) is 3.64. The summed E-state index contributed by atoms with van der Waals surface area (Å²) in [5.41, 5.74) is 5.89. The van der Waals surface area contributed by atoms with Crippen molar-refractivity contribution in [2.75, 3.05) is 10.6 Å². The molecule has 4 rings (SSSR count). The smallest absolute Gasteiger partial charge is 0.163 e. The van der Waals surface area contributed by atoms with Crippen molar-refractivity contribution in [1.29, 1.82) is 0 Å². The van der Waals surface area contributed by atoms with Gasteiger partial charge in [0.05, 0.1) is 23.1 Å². The summed E-state index contributed by atoms with van der Waals surface area (Å²) >= 11 is 0. The SMILES string of the molecule is Cc1ccc2c(c1)N[C@@H](c1ccccn1)C1=C(CC(C)(C)CC1=O)N2. The molecule has 2 aliphatic rings. The van der Waals surface area contributed by atoms with Crippen LogP contribution < -0.4 is 10.6 Å². The molecule has 0 unspecified atom stereocenters. The highest BCUT2D eigenvalue weighted by molar-refractivity contribution is 6.01. The van der Waals surface area contributed by atoms with E-state index in [1.54, 1.807) is 6.20 Å². The zero-order valence-electron chi connectivity index (χ0n) is 14.9. The van der Waals surface area contributed by atoms with Gasteiger partial charge < -0.3 is 10.6 Å². The van der Waals surface area contributed by atoms with Crippen molar-refractivity contribution >= 4 is 17.2 Å². The number of fused-ring (bicyclic) bond motifs is 1. The highest BCUT2D eigenvalue weighted by atomic mass is 16.1. The number of anilines is 2. The van der Waals surface area contributed by atoms with Crippen LogP contribution in [-0.4, -0.2) is 10.8 Å². The molecule has 0 spiro atoms. The Balaban J connectivity index is 1.89. The lowest BCUT2D eigenvalue weighted by Crippen LogP contribution is -2.31. The molecule has 1 aliphatic heterocycles. The van der Waals surface area contributed by atoms with Gasteiger partial charge in [0.1, 0.15) is 0 Å². The van der Waals surface area contributed by atoms with E-state index >= 15 is 0 Å². The number of hydrogen-bond donors (Lipinski definition) is 2. The number of hydrogen-bond acceptors (Lipinski definition) is 4. The first-order valence-electron chi connectivity index (χ1n) is 8.74. The Morgan fingerprint density at radius 1 is 1.12 bits per heavy atom. The number of nitrogens with zero attached hydrogens (tertiary/aromatic N) is 1. The van der Waals surface area contributed by atoms with Gasteiger partial charge in [-0.3, -0.25) is 9.78 Å². The summed E-state index contributed by atoms with van der Waals surface area (Å²) in [6, 6.07) is 11.9. The van der Waals surface area contributed by atoms with E-state index in [-0.39, 0.29) is 17.2 Å². The van der Waals surface area contributed by atoms with Crippen LogP contribution in [0.2, 0.25) is 0 Å². The fourth-order valence-electron chi connectivity index (χ4n) is 3.83. The predicted molar refractivity (Wildman–Crippen MR) is 100 cm³/mol. The molecule has 128 valence electrons. The van der Waals surface area contributed by atoms with Gasteiger partial charge >= 0.3 is 0 Å².